The third kappa shape index (κ3) is 11.4. The van der Waals surface area contributed by atoms with Gasteiger partial charge in [-0.15, -0.1) is 0 Å². The van der Waals surface area contributed by atoms with Crippen molar-refractivity contribution in [3.05, 3.63) is 131 Å². The Labute approximate surface area is 394 Å². The fourth-order valence-corrected chi connectivity index (χ4v) is 9.16. The molecule has 3 aliphatic heterocycles. The zero-order valence-corrected chi connectivity index (χ0v) is 38.5. The van der Waals surface area contributed by atoms with Crippen LogP contribution in [-0.4, -0.2) is 101 Å². The van der Waals surface area contributed by atoms with Gasteiger partial charge in [-0.25, -0.2) is 14.4 Å². The van der Waals surface area contributed by atoms with Crippen LogP contribution < -0.4 is 25.2 Å². The molecule has 14 nitrogen and oxygen atoms in total. The molecule has 3 N–H and O–H groups in total. The Kier molecular flexibility index (Phi) is 15.1. The highest BCUT2D eigenvalue weighted by molar-refractivity contribution is 6.31. The van der Waals surface area contributed by atoms with Gasteiger partial charge in [-0.05, 0) is 124 Å². The van der Waals surface area contributed by atoms with E-state index in [0.717, 1.165) is 110 Å². The first-order valence-electron chi connectivity index (χ1n) is 22.8. The van der Waals surface area contributed by atoms with Crippen LogP contribution in [0.25, 0.3) is 11.0 Å². The van der Waals surface area contributed by atoms with E-state index in [9.17, 15) is 19.2 Å². The number of hydrogen-bond donors (Lipinski definition) is 3. The maximum atomic E-state index is 15.4. The number of hydrogen-bond acceptors (Lipinski definition) is 11. The van der Waals surface area contributed by atoms with Crippen molar-refractivity contribution in [1.82, 2.24) is 30.1 Å². The van der Waals surface area contributed by atoms with Crippen molar-refractivity contribution in [2.45, 2.75) is 58.5 Å². The number of piperidine rings is 1. The third-order valence-corrected chi connectivity index (χ3v) is 13.4. The van der Waals surface area contributed by atoms with E-state index in [1.165, 1.54) is 12.4 Å². The monoisotopic (exact) mass is 927 g/mol. The summed E-state index contributed by atoms with van der Waals surface area (Å²) >= 11 is 6.00. The third-order valence-electron chi connectivity index (χ3n) is 13.0. The minimum Gasteiger partial charge on any atom is -0.457 e. The molecule has 0 bridgehead atoms. The Bertz CT molecular complexity index is 2700. The Morgan fingerprint density at radius 3 is 2.46 bits per heavy atom. The molecule has 1 atom stereocenters. The molecule has 3 aliphatic rings. The van der Waals surface area contributed by atoms with Gasteiger partial charge in [0.1, 0.15) is 35.1 Å². The van der Waals surface area contributed by atoms with E-state index in [1.807, 2.05) is 91.5 Å². The summed E-state index contributed by atoms with van der Waals surface area (Å²) in [5.41, 5.74) is 6.05. The number of carbonyl (C=O) groups is 4. The minimum atomic E-state index is -0.335. The van der Waals surface area contributed by atoms with Crippen molar-refractivity contribution in [3.63, 3.8) is 0 Å². The van der Waals surface area contributed by atoms with Crippen LogP contribution in [0.15, 0.2) is 97.5 Å². The number of benzene rings is 4. The minimum absolute atomic E-state index is 0.00929. The van der Waals surface area contributed by atoms with Gasteiger partial charge in [-0.2, -0.15) is 0 Å². The van der Waals surface area contributed by atoms with Gasteiger partial charge in [0.15, 0.2) is 6.29 Å². The largest absolute Gasteiger partial charge is 0.457 e. The molecule has 3 amide bonds. The molecule has 9 rings (SSSR count). The number of imide groups is 1. The van der Waals surface area contributed by atoms with Crippen molar-refractivity contribution in [2.24, 2.45) is 5.92 Å². The van der Waals surface area contributed by atoms with E-state index in [1.54, 1.807) is 6.20 Å². The van der Waals surface area contributed by atoms with E-state index >= 15 is 4.39 Å². The Hall–Kier alpha value is -6.84. The van der Waals surface area contributed by atoms with Crippen molar-refractivity contribution in [1.29, 1.82) is 0 Å². The summed E-state index contributed by atoms with van der Waals surface area (Å²) in [6.07, 6.45) is 7.97. The molecule has 348 valence electrons. The molecule has 4 aromatic carbocycles. The Morgan fingerprint density at radius 2 is 1.73 bits per heavy atom. The molecule has 0 saturated carbocycles. The number of aromatic nitrogens is 3. The van der Waals surface area contributed by atoms with Crippen LogP contribution in [0, 0.1) is 18.7 Å². The summed E-state index contributed by atoms with van der Waals surface area (Å²) in [5.74, 6) is 1.99. The lowest BCUT2D eigenvalue weighted by Gasteiger charge is -2.38. The van der Waals surface area contributed by atoms with Gasteiger partial charge in [0, 0.05) is 92.0 Å². The van der Waals surface area contributed by atoms with E-state index < -0.39 is 0 Å². The van der Waals surface area contributed by atoms with Crippen LogP contribution in [0.1, 0.15) is 70.9 Å². The number of anilines is 4. The molecule has 0 spiro atoms. The molecule has 0 aliphatic carbocycles. The molecule has 67 heavy (non-hydrogen) atoms. The molecule has 0 radical (unpaired) electrons. The highest BCUT2D eigenvalue weighted by Gasteiger charge is 2.32. The first kappa shape index (κ1) is 46.7. The van der Waals surface area contributed by atoms with E-state index in [0.29, 0.717) is 59.1 Å². The van der Waals surface area contributed by atoms with Crippen LogP contribution in [0.4, 0.5) is 27.3 Å². The highest BCUT2D eigenvalue weighted by atomic mass is 35.5. The molecule has 2 fully saturated rings. The molecule has 1 unspecified atom stereocenters. The van der Waals surface area contributed by atoms with Crippen molar-refractivity contribution in [2.75, 3.05) is 60.9 Å². The molecule has 5 heterocycles. The van der Waals surface area contributed by atoms with Gasteiger partial charge in [0.05, 0.1) is 11.1 Å². The number of aryl methyl sites for hydroxylation is 1. The normalized spacial score (nSPS) is 15.7. The first-order chi connectivity index (χ1) is 32.6. The second kappa shape index (κ2) is 21.6. The summed E-state index contributed by atoms with van der Waals surface area (Å²) in [7, 11) is 0. The van der Waals surface area contributed by atoms with Crippen molar-refractivity contribution < 1.29 is 28.3 Å². The Balaban J connectivity index is 0.000000343. The van der Waals surface area contributed by atoms with Crippen LogP contribution >= 0.6 is 11.6 Å². The molecule has 6 aromatic rings. The maximum Gasteiger partial charge on any atom is 0.254 e. The average Bonchev–Trinajstić information content (AvgIpc) is 3.93. The summed E-state index contributed by atoms with van der Waals surface area (Å²) in [6.45, 7) is 10.9. The van der Waals surface area contributed by atoms with Crippen LogP contribution in [0.5, 0.6) is 11.5 Å². The SMILES string of the molecule is CC(CCC(=O)NC=O)N1Cc2cc(N3CCN(CCC4CCN(c5ccc(Nc6ncnc7[nH]cc(C=O)c67)cc5F)CC4)CC3)ccc2C1=O.Cc1ccc(Oc2ccccc2)cc1Cl. The number of ether oxygens (including phenoxy) is 1. The van der Waals surface area contributed by atoms with Gasteiger partial charge < -0.3 is 29.7 Å². The summed E-state index contributed by atoms with van der Waals surface area (Å²) in [5, 5.41) is 6.60. The van der Waals surface area contributed by atoms with Gasteiger partial charge >= 0.3 is 0 Å². The number of H-pyrrole nitrogens is 1. The highest BCUT2D eigenvalue weighted by Crippen LogP contribution is 2.33. The van der Waals surface area contributed by atoms with E-state index in [4.69, 9.17) is 16.3 Å². The first-order valence-corrected chi connectivity index (χ1v) is 23.2. The number of aldehydes is 1. The van der Waals surface area contributed by atoms with E-state index in [2.05, 4.69) is 46.4 Å². The zero-order valence-electron chi connectivity index (χ0n) is 37.7. The van der Waals surface area contributed by atoms with Crippen molar-refractivity contribution in [3.8, 4) is 11.5 Å². The van der Waals surface area contributed by atoms with Gasteiger partial charge in [0.2, 0.25) is 12.3 Å². The van der Waals surface area contributed by atoms with Gasteiger partial charge in [0.25, 0.3) is 5.91 Å². The summed E-state index contributed by atoms with van der Waals surface area (Å²) < 4.78 is 21.0. The van der Waals surface area contributed by atoms with E-state index in [-0.39, 0.29) is 30.1 Å². The van der Waals surface area contributed by atoms with Crippen LogP contribution in [0.2, 0.25) is 5.02 Å². The quantitative estimate of drug-likeness (QED) is 0.0846. The smallest absolute Gasteiger partial charge is 0.254 e. The predicted molar refractivity (Wildman–Crippen MR) is 259 cm³/mol. The Morgan fingerprint density at radius 1 is 0.940 bits per heavy atom. The fraction of sp³-hybridized carbons (Fsp3) is 0.333. The molecular formula is C51H55ClFN9O5. The summed E-state index contributed by atoms with van der Waals surface area (Å²) in [4.78, 5) is 67.0. The molecule has 16 heteroatoms. The maximum absolute atomic E-state index is 15.4. The fourth-order valence-electron chi connectivity index (χ4n) is 8.99. The van der Waals surface area contributed by atoms with Crippen LogP contribution in [-0.2, 0) is 16.1 Å². The van der Waals surface area contributed by atoms with Gasteiger partial charge in [-0.1, -0.05) is 35.9 Å². The number of para-hydroxylation sites is 1. The lowest BCUT2D eigenvalue weighted by Crippen LogP contribution is -2.47. The number of aromatic amines is 1. The second-order valence-electron chi connectivity index (χ2n) is 17.3. The molecule has 2 aromatic heterocycles. The van der Waals surface area contributed by atoms with Crippen LogP contribution in [0.3, 0.4) is 0 Å². The number of fused-ring (bicyclic) bond motifs is 2. The number of carbonyl (C=O) groups excluding carboxylic acids is 4. The molecular weight excluding hydrogens is 873 g/mol. The predicted octanol–water partition coefficient (Wildman–Crippen LogP) is 8.92. The topological polar surface area (TPSA) is 156 Å². The van der Waals surface area contributed by atoms with Crippen molar-refractivity contribution >= 4 is 70.0 Å². The number of nitrogens with one attached hydrogen (secondary N) is 3. The molecule has 2 saturated heterocycles. The lowest BCUT2D eigenvalue weighted by atomic mass is 9.93. The number of amides is 3. The van der Waals surface area contributed by atoms with Gasteiger partial charge in [-0.3, -0.25) is 29.4 Å². The number of rotatable bonds is 15. The standard InChI is InChI=1S/C38H44FN9O4.C13H11ClO/c1-25(2-7-34(51)43-24-50)48-21-27-18-30(4-5-31(27)38(48)52)46-16-14-45(15-17-46)11-8-26-9-12-47(13-10-26)33-6-3-29(19-32(33)39)44-37-35-28(22-49)20-40-36(35)41-23-42-37;1-10-7-8-12(9-13(10)14)15-11-5-3-2-4-6-11/h3-6,18-20,22-26H,2,7-17,21H2,1H3,(H,43,50,51)(H2,40,41,42,44);2-9H,1H3. The summed E-state index contributed by atoms with van der Waals surface area (Å²) in [6, 6.07) is 26.5. The zero-order chi connectivity index (χ0) is 46.9. The second-order valence-corrected chi connectivity index (χ2v) is 17.7. The number of halogens is 2. The lowest BCUT2D eigenvalue weighted by molar-refractivity contribution is -0.125. The average molecular weight is 929 g/mol. The number of nitrogens with zero attached hydrogens (tertiary/aromatic N) is 6. The number of piperazine rings is 1.